The second-order valence-corrected chi connectivity index (χ2v) is 11.0. The number of ether oxygens (including phenoxy) is 2. The van der Waals surface area contributed by atoms with Crippen molar-refractivity contribution in [1.82, 2.24) is 19.8 Å². The van der Waals surface area contributed by atoms with Gasteiger partial charge in [0, 0.05) is 50.7 Å². The fourth-order valence-electron chi connectivity index (χ4n) is 4.38. The third-order valence-electron chi connectivity index (χ3n) is 6.48. The van der Waals surface area contributed by atoms with Crippen molar-refractivity contribution in [3.8, 4) is 17.1 Å². The van der Waals surface area contributed by atoms with E-state index < -0.39 is 10.0 Å². The van der Waals surface area contributed by atoms with Crippen LogP contribution in [0.3, 0.4) is 0 Å². The Bertz CT molecular complexity index is 1310. The van der Waals surface area contributed by atoms with Crippen LogP contribution in [0.1, 0.15) is 5.56 Å². The molecule has 0 spiro atoms. The van der Waals surface area contributed by atoms with E-state index in [4.69, 9.17) is 21.1 Å². The Balaban J connectivity index is 1.24. The number of sulfonamides is 1. The van der Waals surface area contributed by atoms with E-state index in [0.717, 1.165) is 51.5 Å². The van der Waals surface area contributed by atoms with E-state index in [1.807, 2.05) is 12.1 Å². The molecule has 4 heterocycles. The molecule has 11 heteroatoms. The number of benzene rings is 1. The number of halogens is 1. The summed E-state index contributed by atoms with van der Waals surface area (Å²) < 4.78 is 38.9. The highest BCUT2D eigenvalue weighted by molar-refractivity contribution is 7.92. The summed E-state index contributed by atoms with van der Waals surface area (Å²) in [4.78, 5) is 13.2. The van der Waals surface area contributed by atoms with Crippen LogP contribution in [0.5, 0.6) is 5.88 Å². The molecule has 190 valence electrons. The fourth-order valence-corrected chi connectivity index (χ4v) is 5.79. The van der Waals surface area contributed by atoms with Gasteiger partial charge in [0.05, 0.1) is 42.8 Å². The predicted octanol–water partition coefficient (Wildman–Crippen LogP) is 3.12. The molecule has 0 bridgehead atoms. The third kappa shape index (κ3) is 5.63. The standard InChI is InChI=1S/C25H28ClN5O4S/c1-34-25-24(12-20(26)14-28-25)36(32,33)29-21-6-7-27-23(13-21)19-4-2-18(3-5-19)15-30-8-10-31(11-9-30)22-16-35-17-22/h2-7,12-14,22H,8-11,15-17H2,1H3,(H,27,29). The van der Waals surface area contributed by atoms with E-state index in [2.05, 4.69) is 36.6 Å². The van der Waals surface area contributed by atoms with E-state index >= 15 is 0 Å². The Hall–Kier alpha value is -2.76. The first kappa shape index (κ1) is 24.9. The molecule has 2 aliphatic heterocycles. The zero-order valence-electron chi connectivity index (χ0n) is 19.9. The fraction of sp³-hybridized carbons (Fsp3) is 0.360. The van der Waals surface area contributed by atoms with Gasteiger partial charge in [-0.25, -0.2) is 13.4 Å². The Labute approximate surface area is 216 Å². The van der Waals surface area contributed by atoms with Gasteiger partial charge in [0.25, 0.3) is 10.0 Å². The van der Waals surface area contributed by atoms with Crippen LogP contribution < -0.4 is 9.46 Å². The Morgan fingerprint density at radius 2 is 1.83 bits per heavy atom. The highest BCUT2D eigenvalue weighted by atomic mass is 35.5. The Morgan fingerprint density at radius 3 is 2.50 bits per heavy atom. The van der Waals surface area contributed by atoms with E-state index in [-0.39, 0.29) is 15.8 Å². The first-order valence-electron chi connectivity index (χ1n) is 11.7. The first-order valence-corrected chi connectivity index (χ1v) is 13.6. The molecule has 0 radical (unpaired) electrons. The van der Waals surface area contributed by atoms with E-state index in [0.29, 0.717) is 17.4 Å². The van der Waals surface area contributed by atoms with E-state index in [1.54, 1.807) is 18.3 Å². The van der Waals surface area contributed by atoms with Crippen LogP contribution in [0.2, 0.25) is 5.02 Å². The zero-order valence-corrected chi connectivity index (χ0v) is 21.5. The van der Waals surface area contributed by atoms with Gasteiger partial charge < -0.3 is 9.47 Å². The minimum Gasteiger partial charge on any atom is -0.480 e. The summed E-state index contributed by atoms with van der Waals surface area (Å²) in [6.45, 7) is 6.89. The van der Waals surface area contributed by atoms with Gasteiger partial charge in [-0.2, -0.15) is 0 Å². The average Bonchev–Trinajstić information content (AvgIpc) is 2.84. The second kappa shape index (κ2) is 10.7. The summed E-state index contributed by atoms with van der Waals surface area (Å²) >= 11 is 5.96. The maximum atomic E-state index is 13.0. The molecule has 0 saturated carbocycles. The third-order valence-corrected chi connectivity index (χ3v) is 8.06. The zero-order chi connectivity index (χ0) is 25.1. The van der Waals surface area contributed by atoms with Crippen LogP contribution in [0, 0.1) is 0 Å². The molecule has 0 unspecified atom stereocenters. The number of pyridine rings is 2. The van der Waals surface area contributed by atoms with Crippen LogP contribution in [-0.4, -0.2) is 80.7 Å². The Morgan fingerprint density at radius 1 is 1.08 bits per heavy atom. The van der Waals surface area contributed by atoms with Crippen LogP contribution >= 0.6 is 11.6 Å². The van der Waals surface area contributed by atoms with Crippen LogP contribution in [0.15, 0.2) is 59.8 Å². The normalized spacial score (nSPS) is 17.5. The summed E-state index contributed by atoms with van der Waals surface area (Å²) in [7, 11) is -2.62. The van der Waals surface area contributed by atoms with Crippen molar-refractivity contribution in [3.05, 3.63) is 65.4 Å². The molecular weight excluding hydrogens is 502 g/mol. The minimum atomic E-state index is -3.97. The summed E-state index contributed by atoms with van der Waals surface area (Å²) in [5.41, 5.74) is 3.17. The molecular formula is C25H28ClN5O4S. The monoisotopic (exact) mass is 529 g/mol. The molecule has 0 aliphatic carbocycles. The summed E-state index contributed by atoms with van der Waals surface area (Å²) in [5, 5.41) is 0.196. The highest BCUT2D eigenvalue weighted by Crippen LogP contribution is 2.28. The Kier molecular flexibility index (Phi) is 7.40. The average molecular weight is 530 g/mol. The molecule has 0 atom stereocenters. The quantitative estimate of drug-likeness (QED) is 0.475. The number of hydrogen-bond acceptors (Lipinski definition) is 8. The maximum Gasteiger partial charge on any atom is 0.267 e. The van der Waals surface area contributed by atoms with Crippen LogP contribution in [-0.2, 0) is 21.3 Å². The molecule has 9 nitrogen and oxygen atoms in total. The lowest BCUT2D eigenvalue weighted by Crippen LogP contribution is -2.56. The predicted molar refractivity (Wildman–Crippen MR) is 138 cm³/mol. The molecule has 2 aromatic heterocycles. The van der Waals surface area contributed by atoms with Crippen molar-refractivity contribution in [2.45, 2.75) is 17.5 Å². The highest BCUT2D eigenvalue weighted by Gasteiger charge is 2.28. The van der Waals surface area contributed by atoms with E-state index in [9.17, 15) is 8.42 Å². The number of aromatic nitrogens is 2. The summed E-state index contributed by atoms with van der Waals surface area (Å²) in [6, 6.07) is 13.4. The van der Waals surface area contributed by atoms with Gasteiger partial charge in [0.1, 0.15) is 0 Å². The summed E-state index contributed by atoms with van der Waals surface area (Å²) in [6.07, 6.45) is 2.90. The molecule has 2 aliphatic rings. The first-order chi connectivity index (χ1) is 17.4. The molecule has 1 N–H and O–H groups in total. The van der Waals surface area contributed by atoms with Gasteiger partial charge in [-0.1, -0.05) is 35.9 Å². The van der Waals surface area contributed by atoms with Gasteiger partial charge in [-0.15, -0.1) is 0 Å². The van der Waals surface area contributed by atoms with Gasteiger partial charge in [-0.3, -0.25) is 19.5 Å². The molecule has 36 heavy (non-hydrogen) atoms. The van der Waals surface area contributed by atoms with Crippen LogP contribution in [0.25, 0.3) is 11.3 Å². The maximum absolute atomic E-state index is 13.0. The van der Waals surface area contributed by atoms with Gasteiger partial charge in [0.15, 0.2) is 4.90 Å². The van der Waals surface area contributed by atoms with Crippen LogP contribution in [0.4, 0.5) is 5.69 Å². The van der Waals surface area contributed by atoms with Crippen molar-refractivity contribution in [1.29, 1.82) is 0 Å². The molecule has 1 aromatic carbocycles. The van der Waals surface area contributed by atoms with Crippen molar-refractivity contribution in [2.75, 3.05) is 51.2 Å². The SMILES string of the molecule is COc1ncc(Cl)cc1S(=O)(=O)Nc1ccnc(-c2ccc(CN3CCN(C4COC4)CC3)cc2)c1. The van der Waals surface area contributed by atoms with Crippen molar-refractivity contribution in [2.24, 2.45) is 0 Å². The van der Waals surface area contributed by atoms with Gasteiger partial charge in [-0.05, 0) is 23.8 Å². The molecule has 2 saturated heterocycles. The number of rotatable bonds is 8. The van der Waals surface area contributed by atoms with Crippen molar-refractivity contribution < 1.29 is 17.9 Å². The lowest BCUT2D eigenvalue weighted by Gasteiger charge is -2.42. The minimum absolute atomic E-state index is 0.0322. The molecule has 2 fully saturated rings. The number of hydrogen-bond donors (Lipinski definition) is 1. The van der Waals surface area contributed by atoms with Crippen molar-refractivity contribution in [3.63, 3.8) is 0 Å². The van der Waals surface area contributed by atoms with Gasteiger partial charge in [0.2, 0.25) is 5.88 Å². The number of piperazine rings is 1. The number of anilines is 1. The smallest absolute Gasteiger partial charge is 0.267 e. The number of methoxy groups -OCH3 is 1. The largest absolute Gasteiger partial charge is 0.480 e. The summed E-state index contributed by atoms with van der Waals surface area (Å²) in [5.74, 6) is -0.0322. The number of nitrogens with one attached hydrogen (secondary N) is 1. The lowest BCUT2D eigenvalue weighted by molar-refractivity contribution is -0.0774. The lowest BCUT2D eigenvalue weighted by atomic mass is 10.1. The second-order valence-electron chi connectivity index (χ2n) is 8.90. The molecule has 5 rings (SSSR count). The molecule has 3 aromatic rings. The number of nitrogens with zero attached hydrogens (tertiary/aromatic N) is 4. The van der Waals surface area contributed by atoms with Crippen molar-refractivity contribution >= 4 is 27.3 Å². The van der Waals surface area contributed by atoms with Gasteiger partial charge >= 0.3 is 0 Å². The van der Waals surface area contributed by atoms with E-state index in [1.165, 1.54) is 24.9 Å². The topological polar surface area (TPSA) is 96.9 Å². The molecule has 0 amide bonds.